The Hall–Kier alpha value is -5.44. The highest BCUT2D eigenvalue weighted by molar-refractivity contribution is 5.95. The van der Waals surface area contributed by atoms with Gasteiger partial charge in [0.1, 0.15) is 22.9 Å². The van der Waals surface area contributed by atoms with Crippen molar-refractivity contribution in [3.05, 3.63) is 102 Å². The highest BCUT2D eigenvalue weighted by atomic mass is 16.6. The van der Waals surface area contributed by atoms with Crippen molar-refractivity contribution in [2.24, 2.45) is 0 Å². The van der Waals surface area contributed by atoms with Gasteiger partial charge in [0.05, 0.1) is 47.7 Å². The second kappa shape index (κ2) is 9.79. The van der Waals surface area contributed by atoms with E-state index in [1.54, 1.807) is 29.9 Å². The molecule has 224 valence electrons. The van der Waals surface area contributed by atoms with Crippen LogP contribution in [-0.4, -0.2) is 52.3 Å². The van der Waals surface area contributed by atoms with Crippen molar-refractivity contribution >= 4 is 21.8 Å². The van der Waals surface area contributed by atoms with Gasteiger partial charge in [-0.15, -0.1) is 5.10 Å². The first kappa shape index (κ1) is 27.1. The molecule has 3 atom stereocenters. The molecule has 0 aliphatic carbocycles. The average molecular weight is 601 g/mol. The van der Waals surface area contributed by atoms with E-state index in [1.807, 2.05) is 54.6 Å². The molecular formula is C34H28N6O5. The van der Waals surface area contributed by atoms with Crippen LogP contribution in [0.25, 0.3) is 27.5 Å². The van der Waals surface area contributed by atoms with Crippen molar-refractivity contribution in [1.29, 1.82) is 5.26 Å². The molecule has 1 saturated heterocycles. The van der Waals surface area contributed by atoms with Crippen LogP contribution in [0.1, 0.15) is 42.0 Å². The molecule has 8 rings (SSSR count). The summed E-state index contributed by atoms with van der Waals surface area (Å²) < 4.78 is 15.9. The normalized spacial score (nSPS) is 21.8. The number of aliphatic hydroxyl groups is 1. The van der Waals surface area contributed by atoms with E-state index in [-0.39, 0.29) is 31.2 Å². The number of nitriles is 1. The Kier molecular flexibility index (Phi) is 5.90. The zero-order valence-corrected chi connectivity index (χ0v) is 24.3. The maximum atomic E-state index is 11.8. The first-order valence-electron chi connectivity index (χ1n) is 14.7. The van der Waals surface area contributed by atoms with Crippen LogP contribution in [0.5, 0.6) is 17.6 Å². The van der Waals surface area contributed by atoms with Gasteiger partial charge in [-0.3, -0.25) is 4.57 Å². The van der Waals surface area contributed by atoms with Gasteiger partial charge in [-0.25, -0.2) is 14.6 Å². The van der Waals surface area contributed by atoms with Gasteiger partial charge in [0.2, 0.25) is 17.6 Å². The molecule has 6 aromatic rings. The van der Waals surface area contributed by atoms with Gasteiger partial charge >= 0.3 is 0 Å². The molecule has 2 aliphatic heterocycles. The second-order valence-electron chi connectivity index (χ2n) is 11.8. The quantitative estimate of drug-likeness (QED) is 0.235. The van der Waals surface area contributed by atoms with E-state index in [2.05, 4.69) is 21.1 Å². The topological polar surface area (TPSA) is 151 Å². The van der Waals surface area contributed by atoms with E-state index in [4.69, 9.17) is 9.47 Å². The molecule has 0 saturated carbocycles. The smallest absolute Gasteiger partial charge is 0.244 e. The molecule has 3 aromatic heterocycles. The van der Waals surface area contributed by atoms with E-state index in [0.717, 1.165) is 5.56 Å². The lowest BCUT2D eigenvalue weighted by Gasteiger charge is -2.26. The largest absolute Gasteiger partial charge is 0.494 e. The Balaban J connectivity index is 1.15. The number of rotatable bonds is 7. The van der Waals surface area contributed by atoms with Crippen LogP contribution in [0, 0.1) is 11.3 Å². The summed E-state index contributed by atoms with van der Waals surface area (Å²) in [5.74, 6) is -0.0330. The molecule has 5 heterocycles. The highest BCUT2D eigenvalue weighted by Gasteiger charge is 2.66. The second-order valence-corrected chi connectivity index (χ2v) is 11.8. The van der Waals surface area contributed by atoms with E-state index < -0.39 is 17.3 Å². The lowest BCUT2D eigenvalue weighted by molar-refractivity contribution is -0.107. The number of benzene rings is 3. The fourth-order valence-corrected chi connectivity index (χ4v) is 7.10. The van der Waals surface area contributed by atoms with Crippen molar-refractivity contribution in [1.82, 2.24) is 24.3 Å². The highest BCUT2D eigenvalue weighted by Crippen LogP contribution is 2.65. The minimum Gasteiger partial charge on any atom is -0.494 e. The third-order valence-corrected chi connectivity index (χ3v) is 9.20. The molecule has 0 radical (unpaired) electrons. The van der Waals surface area contributed by atoms with Crippen LogP contribution in [0.4, 0.5) is 0 Å². The Morgan fingerprint density at radius 1 is 1.00 bits per heavy atom. The molecular weight excluding hydrogens is 572 g/mol. The predicted octanol–water partition coefficient (Wildman–Crippen LogP) is 4.78. The van der Waals surface area contributed by atoms with Crippen molar-refractivity contribution in [3.63, 3.8) is 0 Å². The van der Waals surface area contributed by atoms with Crippen molar-refractivity contribution in [2.45, 2.75) is 43.6 Å². The van der Waals surface area contributed by atoms with Crippen LogP contribution in [0.2, 0.25) is 0 Å². The van der Waals surface area contributed by atoms with Crippen LogP contribution in [-0.2, 0) is 22.5 Å². The number of aliphatic hydroxyl groups excluding tert-OH is 1. The minimum atomic E-state index is -1.25. The summed E-state index contributed by atoms with van der Waals surface area (Å²) in [6, 6.07) is 22.8. The lowest BCUT2D eigenvalue weighted by Crippen LogP contribution is -2.33. The summed E-state index contributed by atoms with van der Waals surface area (Å²) in [5.41, 5.74) is 1.09. The predicted molar refractivity (Wildman–Crippen MR) is 163 cm³/mol. The average Bonchev–Trinajstić information content (AvgIpc) is 3.71. The number of aromatic hydroxyl groups is 2. The first-order chi connectivity index (χ1) is 21.8. The van der Waals surface area contributed by atoms with Crippen molar-refractivity contribution < 1.29 is 24.8 Å². The summed E-state index contributed by atoms with van der Waals surface area (Å²) in [7, 11) is 0. The number of nitrogens with zero attached hydrogens (tertiary/aromatic N) is 6. The monoisotopic (exact) mass is 600 g/mol. The van der Waals surface area contributed by atoms with Crippen LogP contribution in [0.15, 0.2) is 79.3 Å². The summed E-state index contributed by atoms with van der Waals surface area (Å²) in [4.78, 5) is 8.59. The third kappa shape index (κ3) is 3.86. The van der Waals surface area contributed by atoms with Gasteiger partial charge in [-0.1, -0.05) is 54.6 Å². The third-order valence-electron chi connectivity index (χ3n) is 9.20. The number of aromatic nitrogens is 5. The Bertz CT molecular complexity index is 2170. The Labute approximate surface area is 257 Å². The summed E-state index contributed by atoms with van der Waals surface area (Å²) in [5, 5.41) is 50.9. The molecule has 45 heavy (non-hydrogen) atoms. The molecule has 2 aliphatic rings. The zero-order valence-electron chi connectivity index (χ0n) is 24.3. The summed E-state index contributed by atoms with van der Waals surface area (Å²) in [6.45, 7) is 2.37. The number of fused-ring (bicyclic) bond motifs is 7. The molecule has 0 spiro atoms. The van der Waals surface area contributed by atoms with E-state index >= 15 is 0 Å². The molecule has 2 bridgehead atoms. The van der Waals surface area contributed by atoms with Gasteiger partial charge < -0.3 is 24.8 Å². The fourth-order valence-electron chi connectivity index (χ4n) is 7.10. The molecule has 3 aromatic carbocycles. The van der Waals surface area contributed by atoms with E-state index in [1.165, 1.54) is 10.9 Å². The van der Waals surface area contributed by atoms with Crippen LogP contribution >= 0.6 is 0 Å². The molecule has 11 nitrogen and oxygen atoms in total. The molecule has 0 amide bonds. The maximum Gasteiger partial charge on any atom is 0.244 e. The zero-order chi connectivity index (χ0) is 30.9. The molecule has 3 N–H and O–H groups in total. The van der Waals surface area contributed by atoms with Gasteiger partial charge in [0.15, 0.2) is 5.65 Å². The molecule has 11 heteroatoms. The Morgan fingerprint density at radius 2 is 1.76 bits per heavy atom. The van der Waals surface area contributed by atoms with Gasteiger partial charge in [0, 0.05) is 29.8 Å². The lowest BCUT2D eigenvalue weighted by atomic mass is 9.76. The van der Waals surface area contributed by atoms with Gasteiger partial charge in [-0.2, -0.15) is 5.26 Å². The maximum absolute atomic E-state index is 11.8. The van der Waals surface area contributed by atoms with Crippen molar-refractivity contribution in [3.8, 4) is 29.4 Å². The van der Waals surface area contributed by atoms with Crippen LogP contribution < -0.4 is 4.74 Å². The first-order valence-corrected chi connectivity index (χ1v) is 14.7. The van der Waals surface area contributed by atoms with E-state index in [0.29, 0.717) is 56.6 Å². The summed E-state index contributed by atoms with van der Waals surface area (Å²) >= 11 is 0. The SMILES string of the molecule is C[C@]12O[C@](CCOc3nn(Cc4ccccc4)c4ncncc34)(C[C@@H]1O)c1c2c(O)n(-c2ccc(C#N)c3ccccc23)c1O. The van der Waals surface area contributed by atoms with E-state index in [9.17, 15) is 20.6 Å². The standard InChI is InChI=1S/C34H28N6O5/c1-33-26(41)15-34(45-33,13-14-44-30-24-17-36-19-37-29(24)39(38-30)18-20-7-3-2-4-8-20)28-27(33)31(42)40(32(28)43)25-12-11-21(16-35)22-9-5-6-10-23(22)25/h2-12,17,19,26,41-43H,13-15,18H2,1H3/t26-,33-,34+/m0/s1. The van der Waals surface area contributed by atoms with Crippen molar-refractivity contribution in [2.75, 3.05) is 6.61 Å². The number of ether oxygens (including phenoxy) is 2. The molecule has 1 fully saturated rings. The van der Waals surface area contributed by atoms with Crippen LogP contribution in [0.3, 0.4) is 0 Å². The number of hydrogen-bond donors (Lipinski definition) is 3. The van der Waals surface area contributed by atoms with Gasteiger partial charge in [0.25, 0.3) is 0 Å². The minimum absolute atomic E-state index is 0.139. The Morgan fingerprint density at radius 3 is 2.56 bits per heavy atom. The summed E-state index contributed by atoms with van der Waals surface area (Å²) in [6.07, 6.45) is 2.68. The number of hydrogen-bond acceptors (Lipinski definition) is 9. The molecule has 0 unspecified atom stereocenters. The van der Waals surface area contributed by atoms with Gasteiger partial charge in [-0.05, 0) is 24.6 Å². The fraction of sp³-hybridized carbons (Fsp3) is 0.235.